The molecule has 1 rings (SSSR count). The Bertz CT molecular complexity index is 328. The number of hydrogen-bond donors (Lipinski definition) is 1. The van der Waals surface area contributed by atoms with E-state index in [1.165, 1.54) is 4.80 Å². The summed E-state index contributed by atoms with van der Waals surface area (Å²) in [5.74, 6) is -0.0665. The molecule has 5 nitrogen and oxygen atoms in total. The van der Waals surface area contributed by atoms with E-state index in [0.717, 1.165) is 5.69 Å². The molecule has 0 bridgehead atoms. The van der Waals surface area contributed by atoms with Crippen LogP contribution in [0.4, 0.5) is 0 Å². The van der Waals surface area contributed by atoms with Gasteiger partial charge in [0, 0.05) is 7.05 Å². The number of amides is 1. The highest BCUT2D eigenvalue weighted by Gasteiger charge is 2.23. The maximum Gasteiger partial charge on any atom is 0.236 e. The second kappa shape index (κ2) is 4.08. The first-order chi connectivity index (χ1) is 6.39. The van der Waals surface area contributed by atoms with E-state index in [0.29, 0.717) is 6.54 Å². The topological polar surface area (TPSA) is 59.8 Å². The molecule has 0 aliphatic rings. The minimum absolute atomic E-state index is 0.0665. The average Bonchev–Trinajstić information content (AvgIpc) is 2.45. The molecule has 78 valence electrons. The van der Waals surface area contributed by atoms with Crippen LogP contribution in [0.5, 0.6) is 0 Å². The molecule has 1 aromatic rings. The first kappa shape index (κ1) is 11.2. The summed E-state index contributed by atoms with van der Waals surface area (Å²) in [6.45, 7) is 3.99. The van der Waals surface area contributed by atoms with E-state index in [9.17, 15) is 4.79 Å². The van der Waals surface area contributed by atoms with Crippen molar-refractivity contribution in [1.29, 1.82) is 0 Å². The molecule has 0 saturated heterocycles. The molecule has 1 N–H and O–H groups in total. The predicted molar refractivity (Wildman–Crippen MR) is 55.9 cm³/mol. The van der Waals surface area contributed by atoms with Crippen LogP contribution in [-0.2, 0) is 18.4 Å². The Morgan fingerprint density at radius 2 is 2.36 bits per heavy atom. The SMILES string of the molecule is Cn1ncc(CNC(=O)C(C)(C)Br)n1. The molecular formula is C8H13BrN4O. The van der Waals surface area contributed by atoms with Crippen LogP contribution < -0.4 is 5.32 Å². The van der Waals surface area contributed by atoms with E-state index in [1.807, 2.05) is 0 Å². The maximum absolute atomic E-state index is 11.4. The zero-order valence-electron chi connectivity index (χ0n) is 8.41. The number of rotatable bonds is 3. The third-order valence-electron chi connectivity index (χ3n) is 1.62. The van der Waals surface area contributed by atoms with Crippen molar-refractivity contribution >= 4 is 21.8 Å². The standard InChI is InChI=1S/C8H13BrN4O/c1-8(2,9)7(14)10-4-6-5-11-13(3)12-6/h5H,4H2,1-3H3,(H,10,14). The Kier molecular flexibility index (Phi) is 3.25. The molecule has 0 radical (unpaired) electrons. The molecule has 0 atom stereocenters. The zero-order valence-corrected chi connectivity index (χ0v) is 10.00. The minimum atomic E-state index is -0.546. The lowest BCUT2D eigenvalue weighted by Crippen LogP contribution is -2.37. The van der Waals surface area contributed by atoms with Gasteiger partial charge in [-0.25, -0.2) is 0 Å². The van der Waals surface area contributed by atoms with Gasteiger partial charge >= 0.3 is 0 Å². The van der Waals surface area contributed by atoms with Gasteiger partial charge in [-0.15, -0.1) is 0 Å². The lowest BCUT2D eigenvalue weighted by atomic mass is 10.2. The maximum atomic E-state index is 11.4. The van der Waals surface area contributed by atoms with Gasteiger partial charge in [-0.3, -0.25) is 4.79 Å². The van der Waals surface area contributed by atoms with E-state index in [2.05, 4.69) is 31.4 Å². The molecule has 0 aliphatic carbocycles. The van der Waals surface area contributed by atoms with Gasteiger partial charge < -0.3 is 5.32 Å². The highest BCUT2D eigenvalue weighted by atomic mass is 79.9. The van der Waals surface area contributed by atoms with Crippen LogP contribution in [0.25, 0.3) is 0 Å². The molecular weight excluding hydrogens is 248 g/mol. The van der Waals surface area contributed by atoms with E-state index < -0.39 is 4.32 Å². The summed E-state index contributed by atoms with van der Waals surface area (Å²) in [4.78, 5) is 12.9. The molecule has 1 heterocycles. The summed E-state index contributed by atoms with van der Waals surface area (Å²) in [7, 11) is 1.74. The van der Waals surface area contributed by atoms with E-state index in [4.69, 9.17) is 0 Å². The molecule has 1 aromatic heterocycles. The van der Waals surface area contributed by atoms with Crippen molar-refractivity contribution in [3.8, 4) is 0 Å². The van der Waals surface area contributed by atoms with E-state index in [-0.39, 0.29) is 5.91 Å². The van der Waals surface area contributed by atoms with Crippen molar-refractivity contribution in [2.24, 2.45) is 7.05 Å². The largest absolute Gasteiger partial charge is 0.349 e. The summed E-state index contributed by atoms with van der Waals surface area (Å²) in [6, 6.07) is 0. The third kappa shape index (κ3) is 3.10. The van der Waals surface area contributed by atoms with Gasteiger partial charge in [0.05, 0.1) is 17.1 Å². The summed E-state index contributed by atoms with van der Waals surface area (Å²) in [5.41, 5.74) is 0.748. The summed E-state index contributed by atoms with van der Waals surface area (Å²) < 4.78 is -0.546. The predicted octanol–water partition coefficient (Wildman–Crippen LogP) is 0.605. The van der Waals surface area contributed by atoms with Crippen molar-refractivity contribution in [3.63, 3.8) is 0 Å². The van der Waals surface area contributed by atoms with Crippen molar-refractivity contribution < 1.29 is 4.79 Å². The highest BCUT2D eigenvalue weighted by Crippen LogP contribution is 2.15. The Morgan fingerprint density at radius 3 is 2.79 bits per heavy atom. The van der Waals surface area contributed by atoms with Crippen molar-refractivity contribution in [2.75, 3.05) is 0 Å². The first-order valence-corrected chi connectivity index (χ1v) is 5.01. The zero-order chi connectivity index (χ0) is 10.8. The molecule has 0 aromatic carbocycles. The number of carbonyl (C=O) groups excluding carboxylic acids is 1. The van der Waals surface area contributed by atoms with Crippen LogP contribution in [0.2, 0.25) is 0 Å². The molecule has 0 fully saturated rings. The number of aromatic nitrogens is 3. The fraction of sp³-hybridized carbons (Fsp3) is 0.625. The number of aryl methyl sites for hydroxylation is 1. The number of halogens is 1. The molecule has 0 unspecified atom stereocenters. The fourth-order valence-electron chi connectivity index (χ4n) is 0.850. The lowest BCUT2D eigenvalue weighted by molar-refractivity contribution is -0.122. The van der Waals surface area contributed by atoms with Crippen molar-refractivity contribution in [1.82, 2.24) is 20.3 Å². The summed E-state index contributed by atoms with van der Waals surface area (Å²) in [6.07, 6.45) is 1.63. The molecule has 6 heteroatoms. The first-order valence-electron chi connectivity index (χ1n) is 4.22. The van der Waals surface area contributed by atoms with Crippen molar-refractivity contribution in [3.05, 3.63) is 11.9 Å². The van der Waals surface area contributed by atoms with Crippen LogP contribution in [0.15, 0.2) is 6.20 Å². The van der Waals surface area contributed by atoms with Crippen LogP contribution in [0, 0.1) is 0 Å². The smallest absolute Gasteiger partial charge is 0.236 e. The monoisotopic (exact) mass is 260 g/mol. The average molecular weight is 261 g/mol. The quantitative estimate of drug-likeness (QED) is 0.811. The van der Waals surface area contributed by atoms with Gasteiger partial charge in [-0.2, -0.15) is 15.0 Å². The van der Waals surface area contributed by atoms with Gasteiger partial charge in [0.1, 0.15) is 5.69 Å². The lowest BCUT2D eigenvalue weighted by Gasteiger charge is -2.14. The van der Waals surface area contributed by atoms with Crippen LogP contribution in [-0.4, -0.2) is 25.2 Å². The summed E-state index contributed by atoms with van der Waals surface area (Å²) >= 11 is 3.27. The highest BCUT2D eigenvalue weighted by molar-refractivity contribution is 9.10. The van der Waals surface area contributed by atoms with E-state index >= 15 is 0 Å². The summed E-state index contributed by atoms with van der Waals surface area (Å²) in [5, 5.41) is 10.7. The number of hydrogen-bond acceptors (Lipinski definition) is 3. The Morgan fingerprint density at radius 1 is 1.71 bits per heavy atom. The molecule has 1 amide bonds. The van der Waals surface area contributed by atoms with Crippen molar-refractivity contribution in [2.45, 2.75) is 24.7 Å². The Hall–Kier alpha value is -0.910. The number of carbonyl (C=O) groups is 1. The number of nitrogens with zero attached hydrogens (tertiary/aromatic N) is 3. The van der Waals surface area contributed by atoms with Gasteiger partial charge in [-0.05, 0) is 13.8 Å². The van der Waals surface area contributed by atoms with Gasteiger partial charge in [0.15, 0.2) is 0 Å². The Balaban J connectivity index is 2.46. The molecule has 0 aliphatic heterocycles. The second-order valence-corrected chi connectivity index (χ2v) is 5.46. The second-order valence-electron chi connectivity index (χ2n) is 3.48. The van der Waals surface area contributed by atoms with Gasteiger partial charge in [0.25, 0.3) is 0 Å². The van der Waals surface area contributed by atoms with Crippen LogP contribution in [0.1, 0.15) is 19.5 Å². The fourth-order valence-corrected chi connectivity index (χ4v) is 0.990. The number of nitrogens with one attached hydrogen (secondary N) is 1. The third-order valence-corrected chi connectivity index (χ3v) is 1.98. The minimum Gasteiger partial charge on any atom is -0.349 e. The van der Waals surface area contributed by atoms with Gasteiger partial charge in [-0.1, -0.05) is 15.9 Å². The molecule has 14 heavy (non-hydrogen) atoms. The van der Waals surface area contributed by atoms with E-state index in [1.54, 1.807) is 27.1 Å². The van der Waals surface area contributed by atoms with Crippen LogP contribution >= 0.6 is 15.9 Å². The normalized spacial score (nSPS) is 11.4. The molecule has 0 saturated carbocycles. The van der Waals surface area contributed by atoms with Crippen LogP contribution in [0.3, 0.4) is 0 Å². The number of alkyl halides is 1. The van der Waals surface area contributed by atoms with Gasteiger partial charge in [0.2, 0.25) is 5.91 Å². The Labute approximate surface area is 91.0 Å². The molecule has 0 spiro atoms.